The molecule has 0 unspecified atom stereocenters. The van der Waals surface area contributed by atoms with Gasteiger partial charge in [-0.15, -0.1) is 0 Å². The van der Waals surface area contributed by atoms with E-state index in [1.807, 2.05) is 33.8 Å². The van der Waals surface area contributed by atoms with Gasteiger partial charge in [0.15, 0.2) is 0 Å². The Bertz CT molecular complexity index is 538. The molecule has 1 aromatic rings. The van der Waals surface area contributed by atoms with Crippen LogP contribution in [0.4, 0.5) is 10.5 Å². The highest BCUT2D eigenvalue weighted by atomic mass is 16.5. The zero-order valence-corrected chi connectivity index (χ0v) is 14.5. The van der Waals surface area contributed by atoms with Gasteiger partial charge in [-0.2, -0.15) is 0 Å². The number of amides is 3. The predicted molar refractivity (Wildman–Crippen MR) is 91.7 cm³/mol. The Morgan fingerprint density at radius 1 is 1.26 bits per heavy atom. The average Bonchev–Trinajstić information content (AvgIpc) is 2.43. The first kappa shape index (κ1) is 18.8. The van der Waals surface area contributed by atoms with Gasteiger partial charge >= 0.3 is 6.03 Å². The molecule has 6 nitrogen and oxygen atoms in total. The second-order valence-corrected chi connectivity index (χ2v) is 6.44. The zero-order valence-electron chi connectivity index (χ0n) is 14.5. The molecular weight excluding hydrogens is 294 g/mol. The molecule has 0 heterocycles. The molecular formula is C17H27N3O3. The van der Waals surface area contributed by atoms with Gasteiger partial charge in [0.2, 0.25) is 5.91 Å². The number of benzene rings is 1. The topological polar surface area (TPSA) is 79.5 Å². The largest absolute Gasteiger partial charge is 0.494 e. The van der Waals surface area contributed by atoms with Crippen molar-refractivity contribution in [3.8, 4) is 5.75 Å². The molecule has 6 heteroatoms. The molecule has 0 spiro atoms. The molecule has 3 N–H and O–H groups in total. The maximum Gasteiger partial charge on any atom is 0.319 e. The van der Waals surface area contributed by atoms with Gasteiger partial charge in [-0.05, 0) is 46.2 Å². The van der Waals surface area contributed by atoms with E-state index >= 15 is 0 Å². The van der Waals surface area contributed by atoms with E-state index < -0.39 is 12.1 Å². The normalized spacial score (nSPS) is 12.2. The van der Waals surface area contributed by atoms with Crippen LogP contribution in [0, 0.1) is 0 Å². The Labute approximate surface area is 138 Å². The third kappa shape index (κ3) is 7.54. The molecule has 23 heavy (non-hydrogen) atoms. The van der Waals surface area contributed by atoms with Crippen LogP contribution in [0.15, 0.2) is 24.3 Å². The Kier molecular flexibility index (Phi) is 6.88. The van der Waals surface area contributed by atoms with Crippen molar-refractivity contribution < 1.29 is 14.3 Å². The number of carbonyl (C=O) groups is 2. The monoisotopic (exact) mass is 321 g/mol. The summed E-state index contributed by atoms with van der Waals surface area (Å²) in [5, 5.41) is 8.13. The van der Waals surface area contributed by atoms with Crippen molar-refractivity contribution in [2.45, 2.75) is 52.6 Å². The predicted octanol–water partition coefficient (Wildman–Crippen LogP) is 2.90. The van der Waals surface area contributed by atoms with Crippen LogP contribution in [0.25, 0.3) is 0 Å². The van der Waals surface area contributed by atoms with Crippen molar-refractivity contribution in [2.75, 3.05) is 11.9 Å². The van der Waals surface area contributed by atoms with Crippen molar-refractivity contribution in [1.82, 2.24) is 10.6 Å². The van der Waals surface area contributed by atoms with Crippen LogP contribution in [-0.4, -0.2) is 30.1 Å². The van der Waals surface area contributed by atoms with E-state index in [0.29, 0.717) is 18.0 Å². The van der Waals surface area contributed by atoms with Gasteiger partial charge < -0.3 is 20.7 Å². The molecule has 1 rings (SSSR count). The number of hydrogen-bond acceptors (Lipinski definition) is 3. The van der Waals surface area contributed by atoms with E-state index in [1.165, 1.54) is 0 Å². The summed E-state index contributed by atoms with van der Waals surface area (Å²) in [6, 6.07) is 6.07. The molecule has 1 atom stereocenters. The lowest BCUT2D eigenvalue weighted by Gasteiger charge is -2.23. The third-order valence-electron chi connectivity index (χ3n) is 2.80. The lowest BCUT2D eigenvalue weighted by atomic mass is 10.1. The van der Waals surface area contributed by atoms with Crippen molar-refractivity contribution in [3.05, 3.63) is 24.3 Å². The van der Waals surface area contributed by atoms with Crippen molar-refractivity contribution in [2.24, 2.45) is 0 Å². The maximum atomic E-state index is 12.0. The Balaban J connectivity index is 2.54. The van der Waals surface area contributed by atoms with E-state index in [4.69, 9.17) is 4.74 Å². The second kappa shape index (κ2) is 8.41. The van der Waals surface area contributed by atoms with Gasteiger partial charge in [0.05, 0.1) is 6.61 Å². The van der Waals surface area contributed by atoms with E-state index in [0.717, 1.165) is 6.42 Å². The molecule has 0 aliphatic rings. The highest BCUT2D eigenvalue weighted by Crippen LogP contribution is 2.17. The minimum Gasteiger partial charge on any atom is -0.494 e. The number of rotatable bonds is 6. The molecule has 0 saturated carbocycles. The molecule has 0 aromatic heterocycles. The molecule has 128 valence electrons. The summed E-state index contributed by atoms with van der Waals surface area (Å²) in [5.74, 6) is 0.468. The lowest BCUT2D eigenvalue weighted by Crippen LogP contribution is -2.51. The molecule has 0 saturated heterocycles. The Hall–Kier alpha value is -2.24. The van der Waals surface area contributed by atoms with Crippen LogP contribution < -0.4 is 20.7 Å². The molecule has 0 aliphatic carbocycles. The van der Waals surface area contributed by atoms with Gasteiger partial charge in [-0.3, -0.25) is 4.79 Å². The highest BCUT2D eigenvalue weighted by Gasteiger charge is 2.20. The summed E-state index contributed by atoms with van der Waals surface area (Å²) >= 11 is 0. The van der Waals surface area contributed by atoms with Crippen LogP contribution in [0.1, 0.15) is 41.0 Å². The molecule has 0 aliphatic heterocycles. The summed E-state index contributed by atoms with van der Waals surface area (Å²) < 4.78 is 5.52. The Morgan fingerprint density at radius 3 is 2.57 bits per heavy atom. The standard InChI is InChI=1S/C17H27N3O3/c1-6-10-23-14-9-7-8-13(11-14)19-16(22)18-12(2)15(21)20-17(3,4)5/h7-9,11-12H,6,10H2,1-5H3,(H,20,21)(H2,18,19,22)/t12-/m0/s1. The summed E-state index contributed by atoms with van der Waals surface area (Å²) in [6.45, 7) is 9.96. The SMILES string of the molecule is CCCOc1cccc(NC(=O)N[C@@H](C)C(=O)NC(C)(C)C)c1. The zero-order chi connectivity index (χ0) is 17.5. The fourth-order valence-corrected chi connectivity index (χ4v) is 1.79. The number of carbonyl (C=O) groups excluding carboxylic acids is 2. The average molecular weight is 321 g/mol. The van der Waals surface area contributed by atoms with E-state index in [-0.39, 0.29) is 11.4 Å². The summed E-state index contributed by atoms with van der Waals surface area (Å²) in [7, 11) is 0. The fraction of sp³-hybridized carbons (Fsp3) is 0.529. The molecule has 0 radical (unpaired) electrons. The first-order chi connectivity index (χ1) is 10.7. The third-order valence-corrected chi connectivity index (χ3v) is 2.80. The van der Waals surface area contributed by atoms with Crippen LogP contribution in [-0.2, 0) is 4.79 Å². The number of nitrogens with one attached hydrogen (secondary N) is 3. The highest BCUT2D eigenvalue weighted by molar-refractivity contribution is 5.93. The number of ether oxygens (including phenoxy) is 1. The van der Waals surface area contributed by atoms with Crippen molar-refractivity contribution in [3.63, 3.8) is 0 Å². The van der Waals surface area contributed by atoms with Crippen LogP contribution in [0.5, 0.6) is 5.75 Å². The first-order valence-electron chi connectivity index (χ1n) is 7.83. The first-order valence-corrected chi connectivity index (χ1v) is 7.83. The van der Waals surface area contributed by atoms with Gasteiger partial charge in [0, 0.05) is 17.3 Å². The number of anilines is 1. The molecule has 1 aromatic carbocycles. The summed E-state index contributed by atoms with van der Waals surface area (Å²) in [4.78, 5) is 23.9. The number of hydrogen-bond donors (Lipinski definition) is 3. The van der Waals surface area contributed by atoms with Gasteiger partial charge in [-0.25, -0.2) is 4.79 Å². The van der Waals surface area contributed by atoms with Crippen LogP contribution >= 0.6 is 0 Å². The quantitative estimate of drug-likeness (QED) is 0.754. The van der Waals surface area contributed by atoms with Crippen molar-refractivity contribution >= 4 is 17.6 Å². The lowest BCUT2D eigenvalue weighted by molar-refractivity contribution is -0.123. The minimum absolute atomic E-state index is 0.229. The van der Waals surface area contributed by atoms with Gasteiger partial charge in [0.25, 0.3) is 0 Å². The fourth-order valence-electron chi connectivity index (χ4n) is 1.79. The van der Waals surface area contributed by atoms with E-state index in [9.17, 15) is 9.59 Å². The van der Waals surface area contributed by atoms with Crippen LogP contribution in [0.2, 0.25) is 0 Å². The van der Waals surface area contributed by atoms with Gasteiger partial charge in [0.1, 0.15) is 11.8 Å². The molecule has 0 bridgehead atoms. The van der Waals surface area contributed by atoms with Crippen LogP contribution in [0.3, 0.4) is 0 Å². The van der Waals surface area contributed by atoms with E-state index in [2.05, 4.69) is 16.0 Å². The number of urea groups is 1. The maximum absolute atomic E-state index is 12.0. The second-order valence-electron chi connectivity index (χ2n) is 6.44. The molecule has 3 amide bonds. The van der Waals surface area contributed by atoms with Gasteiger partial charge in [-0.1, -0.05) is 13.0 Å². The smallest absolute Gasteiger partial charge is 0.319 e. The summed E-state index contributed by atoms with van der Waals surface area (Å²) in [5.41, 5.74) is 0.272. The minimum atomic E-state index is -0.631. The molecule has 0 fully saturated rings. The Morgan fingerprint density at radius 2 is 1.96 bits per heavy atom. The van der Waals surface area contributed by atoms with E-state index in [1.54, 1.807) is 25.1 Å². The van der Waals surface area contributed by atoms with Crippen molar-refractivity contribution in [1.29, 1.82) is 0 Å². The summed E-state index contributed by atoms with van der Waals surface area (Å²) in [6.07, 6.45) is 0.915.